The Labute approximate surface area is 340 Å². The van der Waals surface area contributed by atoms with Crippen molar-refractivity contribution in [2.75, 3.05) is 33.5 Å². The first-order chi connectivity index (χ1) is 28.7. The maximum absolute atomic E-state index is 5.30. The van der Waals surface area contributed by atoms with Crippen LogP contribution >= 0.6 is 0 Å². The normalized spacial score (nSPS) is 15.4. The van der Waals surface area contributed by atoms with Gasteiger partial charge < -0.3 is 20.4 Å². The van der Waals surface area contributed by atoms with Gasteiger partial charge in [-0.05, 0) is 111 Å². The second-order valence-electron chi connectivity index (χ2n) is 14.2. The lowest BCUT2D eigenvalue weighted by Gasteiger charge is -2.27. The van der Waals surface area contributed by atoms with E-state index in [0.717, 1.165) is 81.1 Å². The van der Waals surface area contributed by atoms with Crippen LogP contribution in [0.2, 0.25) is 0 Å². The molecule has 0 fully saturated rings. The van der Waals surface area contributed by atoms with Gasteiger partial charge >= 0.3 is 0 Å². The van der Waals surface area contributed by atoms with Crippen molar-refractivity contribution >= 4 is 68.7 Å². The zero-order valence-electron chi connectivity index (χ0n) is 32.6. The quantitative estimate of drug-likeness (QED) is 0.130. The van der Waals surface area contributed by atoms with Crippen LogP contribution in [0.1, 0.15) is 31.4 Å². The van der Waals surface area contributed by atoms with Crippen LogP contribution in [0, 0.1) is 5.92 Å². The highest BCUT2D eigenvalue weighted by molar-refractivity contribution is 6.28. The summed E-state index contributed by atoms with van der Waals surface area (Å²) in [5.41, 5.74) is 12.0. The number of nitrogens with one attached hydrogen (secondary N) is 2. The second-order valence-corrected chi connectivity index (χ2v) is 14.2. The Balaban J connectivity index is 1.13. The summed E-state index contributed by atoms with van der Waals surface area (Å²) in [6.07, 6.45) is 6.88. The van der Waals surface area contributed by atoms with E-state index in [-0.39, 0.29) is 5.92 Å². The third kappa shape index (κ3) is 7.35. The minimum Gasteiger partial charge on any atom is -0.385 e. The molecule has 0 spiro atoms. The fraction of sp³-hybridized carbons (Fsp3) is 0.120. The molecular weight excluding hydrogens is 713 g/mol. The van der Waals surface area contributed by atoms with Crippen LogP contribution in [0.4, 0.5) is 45.5 Å². The number of aliphatic imine (C=N–C) groups is 4. The molecule has 0 radical (unpaired) electrons. The van der Waals surface area contributed by atoms with Gasteiger partial charge in [-0.1, -0.05) is 78.9 Å². The van der Waals surface area contributed by atoms with E-state index in [1.165, 1.54) is 0 Å². The van der Waals surface area contributed by atoms with Crippen LogP contribution in [-0.2, 0) is 0 Å². The molecule has 6 aromatic carbocycles. The van der Waals surface area contributed by atoms with Gasteiger partial charge in [0.15, 0.2) is 11.7 Å². The molecule has 1 aliphatic carbocycles. The topological polar surface area (TPSA) is 80.0 Å². The van der Waals surface area contributed by atoms with Gasteiger partial charge in [0.05, 0.1) is 11.6 Å². The van der Waals surface area contributed by atoms with E-state index < -0.39 is 0 Å². The number of nitrogens with zero attached hydrogens (tertiary/aromatic N) is 6. The number of fused-ring (bicyclic) bond motifs is 1. The Hall–Kier alpha value is -7.32. The zero-order valence-corrected chi connectivity index (χ0v) is 32.6. The van der Waals surface area contributed by atoms with E-state index in [2.05, 4.69) is 186 Å². The molecular formula is C50H44N8. The molecule has 58 heavy (non-hydrogen) atoms. The SMILES string of the molecule is CCNc1cc(N(c2ccccc2)c2ccccc2)ccc1C1=NC2=CC=CC3=NC(c4ccc(N(c5ccccc5)c5ccccc5)cc4NCC)=NC(=N1)C3C2. The maximum Gasteiger partial charge on any atom is 0.163 e. The monoisotopic (exact) mass is 756 g/mol. The molecule has 9 rings (SSSR count). The third-order valence-electron chi connectivity index (χ3n) is 10.4. The summed E-state index contributed by atoms with van der Waals surface area (Å²) >= 11 is 0. The van der Waals surface area contributed by atoms with Crippen LogP contribution in [0.3, 0.4) is 0 Å². The molecule has 8 nitrogen and oxygen atoms in total. The van der Waals surface area contributed by atoms with Crippen LogP contribution < -0.4 is 20.4 Å². The molecule has 1 atom stereocenters. The average molecular weight is 757 g/mol. The minimum atomic E-state index is -0.114. The second kappa shape index (κ2) is 16.4. The van der Waals surface area contributed by atoms with E-state index in [1.54, 1.807) is 0 Å². The third-order valence-corrected chi connectivity index (χ3v) is 10.4. The molecule has 6 aromatic rings. The molecule has 2 N–H and O–H groups in total. The first kappa shape index (κ1) is 36.3. The summed E-state index contributed by atoms with van der Waals surface area (Å²) in [6.45, 7) is 5.69. The summed E-state index contributed by atoms with van der Waals surface area (Å²) < 4.78 is 0. The van der Waals surface area contributed by atoms with Gasteiger partial charge in [-0.25, -0.2) is 20.0 Å². The molecule has 3 aliphatic rings. The molecule has 1 unspecified atom stereocenters. The predicted octanol–water partition coefficient (Wildman–Crippen LogP) is 12.0. The van der Waals surface area contributed by atoms with Gasteiger partial charge in [0.2, 0.25) is 0 Å². The lowest BCUT2D eigenvalue weighted by atomic mass is 9.95. The van der Waals surface area contributed by atoms with Gasteiger partial charge in [0.25, 0.3) is 0 Å². The molecule has 0 saturated heterocycles. The molecule has 2 bridgehead atoms. The number of hydrogen-bond donors (Lipinski definition) is 2. The highest BCUT2D eigenvalue weighted by Gasteiger charge is 2.32. The Morgan fingerprint density at radius 1 is 0.500 bits per heavy atom. The molecule has 8 heteroatoms. The summed E-state index contributed by atoms with van der Waals surface area (Å²) in [5.74, 6) is 1.84. The fourth-order valence-electron chi connectivity index (χ4n) is 7.73. The molecule has 0 amide bonds. The van der Waals surface area contributed by atoms with Crippen molar-refractivity contribution in [3.63, 3.8) is 0 Å². The smallest absolute Gasteiger partial charge is 0.163 e. The lowest BCUT2D eigenvalue weighted by molar-refractivity contribution is 0.870. The van der Waals surface area contributed by atoms with Gasteiger partial charge in [0.1, 0.15) is 5.84 Å². The van der Waals surface area contributed by atoms with Crippen molar-refractivity contribution in [1.29, 1.82) is 0 Å². The van der Waals surface area contributed by atoms with E-state index in [0.29, 0.717) is 23.9 Å². The van der Waals surface area contributed by atoms with Crippen molar-refractivity contribution in [3.8, 4) is 0 Å². The van der Waals surface area contributed by atoms with Crippen LogP contribution in [0.15, 0.2) is 202 Å². The average Bonchev–Trinajstić information content (AvgIpc) is 3.59. The van der Waals surface area contributed by atoms with Crippen LogP contribution in [0.5, 0.6) is 0 Å². The van der Waals surface area contributed by atoms with Crippen molar-refractivity contribution in [3.05, 3.63) is 193 Å². The van der Waals surface area contributed by atoms with Gasteiger partial charge in [-0.3, -0.25) is 0 Å². The molecule has 0 saturated carbocycles. The molecule has 2 heterocycles. The Morgan fingerprint density at radius 3 is 1.40 bits per heavy atom. The highest BCUT2D eigenvalue weighted by atomic mass is 15.2. The predicted molar refractivity (Wildman–Crippen MR) is 244 cm³/mol. The Morgan fingerprint density at radius 2 is 0.948 bits per heavy atom. The van der Waals surface area contributed by atoms with Crippen molar-refractivity contribution in [2.24, 2.45) is 25.9 Å². The van der Waals surface area contributed by atoms with Crippen LogP contribution in [0.25, 0.3) is 0 Å². The number of para-hydroxylation sites is 4. The summed E-state index contributed by atoms with van der Waals surface area (Å²) in [6, 6.07) is 54.7. The lowest BCUT2D eigenvalue weighted by Crippen LogP contribution is -2.28. The highest BCUT2D eigenvalue weighted by Crippen LogP contribution is 2.39. The minimum absolute atomic E-state index is 0.114. The number of amidine groups is 3. The van der Waals surface area contributed by atoms with E-state index >= 15 is 0 Å². The molecule has 284 valence electrons. The van der Waals surface area contributed by atoms with Crippen molar-refractivity contribution in [2.45, 2.75) is 20.3 Å². The van der Waals surface area contributed by atoms with Gasteiger partial charge in [-0.2, -0.15) is 0 Å². The number of allylic oxidation sites excluding steroid dienone is 4. The first-order valence-electron chi connectivity index (χ1n) is 20.0. The van der Waals surface area contributed by atoms with Crippen molar-refractivity contribution < 1.29 is 0 Å². The number of anilines is 8. The summed E-state index contributed by atoms with van der Waals surface area (Å²) in [4.78, 5) is 25.5. The summed E-state index contributed by atoms with van der Waals surface area (Å²) in [7, 11) is 0. The maximum atomic E-state index is 5.30. The zero-order chi connectivity index (χ0) is 39.3. The Kier molecular flexibility index (Phi) is 10.3. The summed E-state index contributed by atoms with van der Waals surface area (Å²) in [5, 5.41) is 7.26. The van der Waals surface area contributed by atoms with Crippen molar-refractivity contribution in [1.82, 2.24) is 0 Å². The first-order valence-corrected chi connectivity index (χ1v) is 20.0. The molecule has 0 aromatic heterocycles. The number of benzene rings is 6. The number of hydrogen-bond acceptors (Lipinski definition) is 8. The van der Waals surface area contributed by atoms with E-state index in [9.17, 15) is 0 Å². The molecule has 2 aliphatic heterocycles. The largest absolute Gasteiger partial charge is 0.385 e. The van der Waals surface area contributed by atoms with E-state index in [4.69, 9.17) is 20.0 Å². The fourth-order valence-corrected chi connectivity index (χ4v) is 7.73. The number of rotatable bonds is 12. The van der Waals surface area contributed by atoms with Crippen LogP contribution in [-0.4, -0.2) is 36.3 Å². The standard InChI is InChI=1S/C50H44N8/c1-3-51-46-33-40(57(36-19-9-5-10-20-36)37-21-11-6-12-22-37)28-30-42(46)48-53-35-18-17-27-45-44(32-35)50(55-48)56-49(54-45)43-31-29-41(34-47(43)52-4-2)58(38-23-13-7-14-24-38)39-25-15-8-16-26-39/h5-31,33-34,44,51-52H,3-4,32H2,1-2H3. The van der Waals surface area contributed by atoms with Gasteiger partial charge in [-0.15, -0.1) is 0 Å². The Bertz CT molecular complexity index is 2530. The van der Waals surface area contributed by atoms with E-state index in [1.807, 2.05) is 24.3 Å². The van der Waals surface area contributed by atoms with Gasteiger partial charge in [0, 0.05) is 81.8 Å².